The van der Waals surface area contributed by atoms with Crippen LogP contribution in [0.25, 0.3) is 0 Å². The molecule has 0 saturated heterocycles. The molecule has 0 saturated carbocycles. The summed E-state index contributed by atoms with van der Waals surface area (Å²) in [6.07, 6.45) is 0. The lowest BCUT2D eigenvalue weighted by Gasteiger charge is -2.10. The molecule has 0 spiro atoms. The summed E-state index contributed by atoms with van der Waals surface area (Å²) in [7, 11) is 0. The highest BCUT2D eigenvalue weighted by atomic mass is 35.5. The molecule has 27 heavy (non-hydrogen) atoms. The lowest BCUT2D eigenvalue weighted by Crippen LogP contribution is -2.00. The first kappa shape index (κ1) is 19.0. The average Bonchev–Trinajstić information content (AvgIpc) is 2.67. The number of nitrogens with zero attached hydrogens (tertiary/aromatic N) is 1. The molecule has 3 aromatic rings. The fraction of sp³-hybridized carbons (Fsp3) is 0.100. The van der Waals surface area contributed by atoms with Gasteiger partial charge in [0.05, 0.1) is 4.92 Å². The molecular weight excluding hydrogens is 387 g/mol. The molecular formula is C20H16Cl2N2O3. The van der Waals surface area contributed by atoms with E-state index >= 15 is 0 Å². The van der Waals surface area contributed by atoms with Crippen LogP contribution in [0.1, 0.15) is 11.1 Å². The summed E-state index contributed by atoms with van der Waals surface area (Å²) in [4.78, 5) is 10.4. The summed E-state index contributed by atoms with van der Waals surface area (Å²) in [5, 5.41) is 15.1. The SMILES string of the molecule is O=[N+]([O-])c1cccc(NCc2ccc(OCc3ccc(Cl)cc3Cl)cc2)c1. The van der Waals surface area contributed by atoms with Crippen LogP contribution in [-0.4, -0.2) is 4.92 Å². The summed E-state index contributed by atoms with van der Waals surface area (Å²) in [6, 6.07) is 19.3. The number of halogens is 2. The lowest BCUT2D eigenvalue weighted by atomic mass is 10.2. The predicted octanol–water partition coefficient (Wildman–Crippen LogP) is 6.09. The van der Waals surface area contributed by atoms with Crippen LogP contribution in [0.5, 0.6) is 5.75 Å². The zero-order valence-electron chi connectivity index (χ0n) is 14.2. The van der Waals surface area contributed by atoms with E-state index in [9.17, 15) is 10.1 Å². The van der Waals surface area contributed by atoms with Crippen molar-refractivity contribution in [2.24, 2.45) is 0 Å². The van der Waals surface area contributed by atoms with E-state index in [-0.39, 0.29) is 5.69 Å². The second-order valence-corrected chi connectivity index (χ2v) is 6.67. The summed E-state index contributed by atoms with van der Waals surface area (Å²) in [6.45, 7) is 0.895. The van der Waals surface area contributed by atoms with Crippen molar-refractivity contribution >= 4 is 34.6 Å². The van der Waals surface area contributed by atoms with Gasteiger partial charge in [-0.25, -0.2) is 0 Å². The molecule has 0 aliphatic carbocycles. The Morgan fingerprint density at radius 1 is 1.00 bits per heavy atom. The van der Waals surface area contributed by atoms with Crippen molar-refractivity contribution in [1.82, 2.24) is 0 Å². The van der Waals surface area contributed by atoms with E-state index in [2.05, 4.69) is 5.32 Å². The van der Waals surface area contributed by atoms with Gasteiger partial charge in [-0.05, 0) is 35.9 Å². The Balaban J connectivity index is 1.55. The van der Waals surface area contributed by atoms with Crippen molar-refractivity contribution in [3.8, 4) is 5.75 Å². The molecule has 0 aromatic heterocycles. The van der Waals surface area contributed by atoms with Crippen molar-refractivity contribution < 1.29 is 9.66 Å². The van der Waals surface area contributed by atoms with Crippen molar-refractivity contribution in [3.05, 3.63) is 98.0 Å². The number of nitrogens with one attached hydrogen (secondary N) is 1. The Labute approximate surface area is 166 Å². The molecule has 7 heteroatoms. The lowest BCUT2D eigenvalue weighted by molar-refractivity contribution is -0.384. The number of rotatable bonds is 7. The first-order valence-electron chi connectivity index (χ1n) is 8.15. The standard InChI is InChI=1S/C20H16Cl2N2O3/c21-16-7-6-15(20(22)10-16)13-27-19-8-4-14(5-9-19)12-23-17-2-1-3-18(11-17)24(25)26/h1-11,23H,12-13H2. The van der Waals surface area contributed by atoms with Crippen molar-refractivity contribution in [1.29, 1.82) is 0 Å². The van der Waals surface area contributed by atoms with Crippen LogP contribution in [0.15, 0.2) is 66.7 Å². The zero-order chi connectivity index (χ0) is 19.2. The Morgan fingerprint density at radius 3 is 2.48 bits per heavy atom. The van der Waals surface area contributed by atoms with Gasteiger partial charge in [-0.1, -0.05) is 47.5 Å². The molecule has 0 radical (unpaired) electrons. The highest BCUT2D eigenvalue weighted by molar-refractivity contribution is 6.35. The minimum Gasteiger partial charge on any atom is -0.489 e. The summed E-state index contributed by atoms with van der Waals surface area (Å²) in [5.74, 6) is 0.722. The van der Waals surface area contributed by atoms with Gasteiger partial charge in [0.15, 0.2) is 0 Å². The van der Waals surface area contributed by atoms with Gasteiger partial charge in [-0.15, -0.1) is 0 Å². The Bertz CT molecular complexity index is 946. The van der Waals surface area contributed by atoms with Gasteiger partial charge < -0.3 is 10.1 Å². The van der Waals surface area contributed by atoms with Gasteiger partial charge in [0, 0.05) is 40.0 Å². The van der Waals surface area contributed by atoms with Crippen LogP contribution >= 0.6 is 23.2 Å². The average molecular weight is 403 g/mol. The molecule has 1 N–H and O–H groups in total. The van der Waals surface area contributed by atoms with Crippen LogP contribution in [0.2, 0.25) is 10.0 Å². The highest BCUT2D eigenvalue weighted by Gasteiger charge is 2.06. The van der Waals surface area contributed by atoms with Crippen molar-refractivity contribution in [2.75, 3.05) is 5.32 Å². The number of nitro benzene ring substituents is 1. The van der Waals surface area contributed by atoms with Crippen molar-refractivity contribution in [3.63, 3.8) is 0 Å². The quantitative estimate of drug-likeness (QED) is 0.383. The van der Waals surface area contributed by atoms with E-state index in [1.165, 1.54) is 12.1 Å². The van der Waals surface area contributed by atoms with E-state index in [0.29, 0.717) is 28.9 Å². The second-order valence-electron chi connectivity index (χ2n) is 5.83. The van der Waals surface area contributed by atoms with Gasteiger partial charge in [0.1, 0.15) is 12.4 Å². The number of hydrogen-bond acceptors (Lipinski definition) is 4. The molecule has 3 aromatic carbocycles. The molecule has 0 bridgehead atoms. The molecule has 0 atom stereocenters. The third kappa shape index (κ3) is 5.36. The maximum atomic E-state index is 10.8. The molecule has 0 aliphatic rings. The summed E-state index contributed by atoms with van der Waals surface area (Å²) in [5.41, 5.74) is 2.64. The monoisotopic (exact) mass is 402 g/mol. The molecule has 0 heterocycles. The van der Waals surface area contributed by atoms with Gasteiger partial charge in [-0.2, -0.15) is 0 Å². The molecule has 3 rings (SSSR count). The minimum atomic E-state index is -0.412. The third-order valence-corrected chi connectivity index (χ3v) is 4.47. The van der Waals surface area contributed by atoms with E-state index < -0.39 is 4.92 Å². The smallest absolute Gasteiger partial charge is 0.271 e. The van der Waals surface area contributed by atoms with Gasteiger partial charge >= 0.3 is 0 Å². The first-order chi connectivity index (χ1) is 13.0. The molecule has 0 amide bonds. The minimum absolute atomic E-state index is 0.0598. The third-order valence-electron chi connectivity index (χ3n) is 3.89. The predicted molar refractivity (Wildman–Crippen MR) is 108 cm³/mol. The number of hydrogen-bond donors (Lipinski definition) is 1. The maximum Gasteiger partial charge on any atom is 0.271 e. The van der Waals surface area contributed by atoms with E-state index in [0.717, 1.165) is 16.9 Å². The second kappa shape index (κ2) is 8.75. The highest BCUT2D eigenvalue weighted by Crippen LogP contribution is 2.23. The normalized spacial score (nSPS) is 10.4. The number of non-ortho nitro benzene ring substituents is 1. The van der Waals surface area contributed by atoms with E-state index in [1.54, 1.807) is 24.3 Å². The Morgan fingerprint density at radius 2 is 1.78 bits per heavy atom. The topological polar surface area (TPSA) is 64.4 Å². The number of nitro groups is 1. The zero-order valence-corrected chi connectivity index (χ0v) is 15.7. The molecule has 5 nitrogen and oxygen atoms in total. The Kier molecular flexibility index (Phi) is 6.16. The molecule has 0 fully saturated rings. The van der Waals surface area contributed by atoms with E-state index in [4.69, 9.17) is 27.9 Å². The fourth-order valence-corrected chi connectivity index (χ4v) is 2.90. The molecule has 0 aliphatic heterocycles. The van der Waals surface area contributed by atoms with Gasteiger partial charge in [0.25, 0.3) is 5.69 Å². The number of anilines is 1. The summed E-state index contributed by atoms with van der Waals surface area (Å²) < 4.78 is 5.75. The van der Waals surface area contributed by atoms with Gasteiger partial charge in [0.2, 0.25) is 0 Å². The molecule has 0 unspecified atom stereocenters. The summed E-state index contributed by atoms with van der Waals surface area (Å²) >= 11 is 12.0. The maximum absolute atomic E-state index is 10.8. The Hall–Kier alpha value is -2.76. The van der Waals surface area contributed by atoms with Crippen LogP contribution in [0, 0.1) is 10.1 Å². The van der Waals surface area contributed by atoms with Crippen LogP contribution in [-0.2, 0) is 13.2 Å². The van der Waals surface area contributed by atoms with Gasteiger partial charge in [-0.3, -0.25) is 10.1 Å². The number of benzene rings is 3. The first-order valence-corrected chi connectivity index (χ1v) is 8.91. The fourth-order valence-electron chi connectivity index (χ4n) is 2.44. The van der Waals surface area contributed by atoms with Crippen molar-refractivity contribution in [2.45, 2.75) is 13.2 Å². The largest absolute Gasteiger partial charge is 0.489 e. The van der Waals surface area contributed by atoms with Crippen LogP contribution < -0.4 is 10.1 Å². The van der Waals surface area contributed by atoms with Crippen LogP contribution in [0.3, 0.4) is 0 Å². The van der Waals surface area contributed by atoms with E-state index in [1.807, 2.05) is 30.3 Å². The number of ether oxygens (including phenoxy) is 1. The van der Waals surface area contributed by atoms with Crippen LogP contribution in [0.4, 0.5) is 11.4 Å². The molecule has 138 valence electrons.